The highest BCUT2D eigenvalue weighted by Gasteiger charge is 1.58. The van der Waals surface area contributed by atoms with E-state index < -0.39 is 0 Å². The van der Waals surface area contributed by atoms with Gasteiger partial charge in [0.15, 0.2) is 0 Å². The summed E-state index contributed by atoms with van der Waals surface area (Å²) in [7, 11) is 0. The Hall–Kier alpha value is -0.0800. The van der Waals surface area contributed by atoms with Crippen LogP contribution in [-0.2, 0) is 0 Å². The maximum atomic E-state index is 7.62. The van der Waals surface area contributed by atoms with Gasteiger partial charge in [0.1, 0.15) is 0 Å². The Labute approximate surface area is 64.9 Å². The second-order valence-corrected chi connectivity index (χ2v) is 1.86. The van der Waals surface area contributed by atoms with Crippen LogP contribution in [0.4, 0.5) is 0 Å². The minimum atomic E-state index is -0.125. The molecule has 0 aliphatic carbocycles. The summed E-state index contributed by atoms with van der Waals surface area (Å²) in [6.45, 7) is 8.25. The molecule has 0 aliphatic rings. The highest BCUT2D eigenvalue weighted by atomic mass is 16.3. The molecule has 0 rings (SSSR count). The van der Waals surface area contributed by atoms with E-state index in [9.17, 15) is 0 Å². The molecule has 0 spiro atoms. The molecule has 0 aromatic carbocycles. The minimum Gasteiger partial charge on any atom is -0.394 e. The number of rotatable bonds is 1. The van der Waals surface area contributed by atoms with E-state index in [1.807, 2.05) is 0 Å². The Morgan fingerprint density at radius 3 is 0.800 bits per heavy atom. The summed E-state index contributed by atoms with van der Waals surface area (Å²) in [6, 6.07) is 0. The monoisotopic (exact) mass is 150 g/mol. The van der Waals surface area contributed by atoms with Crippen molar-refractivity contribution in [3.63, 3.8) is 0 Å². The third-order valence-electron chi connectivity index (χ3n) is 0.1000. The van der Waals surface area contributed by atoms with Gasteiger partial charge in [-0.2, -0.15) is 0 Å². The molecular weight excluding hydrogens is 128 g/mol. The highest BCUT2D eigenvalue weighted by molar-refractivity contribution is 4.06. The van der Waals surface area contributed by atoms with E-state index >= 15 is 0 Å². The summed E-state index contributed by atoms with van der Waals surface area (Å²) in [5.74, 6) is 0. The van der Waals surface area contributed by atoms with Crippen LogP contribution < -0.4 is 0 Å². The Balaban J connectivity index is -0.0000000750. The summed E-state index contributed by atoms with van der Waals surface area (Å²) in [5.41, 5.74) is 0. The standard InChI is InChI=1S/2C3H8.C2H6O2/c2*1-3-2;3-1-2-4/h2*3H2,1-2H3;3-4H,1-2H2. The SMILES string of the molecule is CCC.CCC.OCCO. The summed E-state index contributed by atoms with van der Waals surface area (Å²) in [4.78, 5) is 0. The highest BCUT2D eigenvalue weighted by Crippen LogP contribution is 1.56. The number of aliphatic hydroxyl groups excluding tert-OH is 2. The van der Waals surface area contributed by atoms with Crippen molar-refractivity contribution < 1.29 is 10.2 Å². The van der Waals surface area contributed by atoms with E-state index in [0.29, 0.717) is 0 Å². The van der Waals surface area contributed by atoms with Crippen LogP contribution in [0.2, 0.25) is 0 Å². The molecule has 2 heteroatoms. The number of aliphatic hydroxyl groups is 2. The van der Waals surface area contributed by atoms with Crippen molar-refractivity contribution in [1.29, 1.82) is 0 Å². The first-order chi connectivity index (χ1) is 4.74. The molecule has 66 valence electrons. The predicted octanol–water partition coefficient (Wildman–Crippen LogP) is 1.80. The van der Waals surface area contributed by atoms with Crippen molar-refractivity contribution >= 4 is 0 Å². The van der Waals surface area contributed by atoms with Crippen molar-refractivity contribution in [3.8, 4) is 0 Å². The van der Waals surface area contributed by atoms with E-state index in [2.05, 4.69) is 27.7 Å². The normalized spacial score (nSPS) is 6.60. The Morgan fingerprint density at radius 2 is 0.800 bits per heavy atom. The molecule has 0 saturated carbocycles. The molecule has 0 amide bonds. The zero-order valence-corrected chi connectivity index (χ0v) is 7.72. The van der Waals surface area contributed by atoms with E-state index in [1.165, 1.54) is 12.8 Å². The fourth-order valence-corrected chi connectivity index (χ4v) is 0. The van der Waals surface area contributed by atoms with Gasteiger partial charge in [-0.3, -0.25) is 0 Å². The first-order valence-corrected chi connectivity index (χ1v) is 3.96. The molecule has 0 atom stereocenters. The molecule has 0 heterocycles. The van der Waals surface area contributed by atoms with E-state index in [-0.39, 0.29) is 13.2 Å². The van der Waals surface area contributed by atoms with Crippen LogP contribution in [0.3, 0.4) is 0 Å². The average Bonchev–Trinajstić information content (AvgIpc) is 1.91. The van der Waals surface area contributed by atoms with Crippen LogP contribution >= 0.6 is 0 Å². The largest absolute Gasteiger partial charge is 0.394 e. The molecule has 0 aliphatic heterocycles. The van der Waals surface area contributed by atoms with Gasteiger partial charge in [0, 0.05) is 0 Å². The van der Waals surface area contributed by atoms with Crippen molar-refractivity contribution in [2.45, 2.75) is 40.5 Å². The average molecular weight is 150 g/mol. The van der Waals surface area contributed by atoms with Crippen molar-refractivity contribution in [3.05, 3.63) is 0 Å². The maximum Gasteiger partial charge on any atom is 0.0662 e. The lowest BCUT2D eigenvalue weighted by Gasteiger charge is -1.70. The van der Waals surface area contributed by atoms with Gasteiger partial charge in [-0.25, -0.2) is 0 Å². The second-order valence-electron chi connectivity index (χ2n) is 1.86. The van der Waals surface area contributed by atoms with Crippen LogP contribution in [0.25, 0.3) is 0 Å². The van der Waals surface area contributed by atoms with Crippen LogP contribution in [0.15, 0.2) is 0 Å². The minimum absolute atomic E-state index is 0.125. The van der Waals surface area contributed by atoms with Crippen molar-refractivity contribution in [2.24, 2.45) is 0 Å². The summed E-state index contributed by atoms with van der Waals surface area (Å²) in [5, 5.41) is 15.2. The Morgan fingerprint density at radius 1 is 0.700 bits per heavy atom. The van der Waals surface area contributed by atoms with Gasteiger partial charge >= 0.3 is 0 Å². The number of hydrogen-bond donors (Lipinski definition) is 2. The van der Waals surface area contributed by atoms with Crippen LogP contribution in [0.1, 0.15) is 40.5 Å². The van der Waals surface area contributed by atoms with Gasteiger partial charge in [0.05, 0.1) is 13.2 Å². The van der Waals surface area contributed by atoms with Gasteiger partial charge in [-0.1, -0.05) is 40.5 Å². The van der Waals surface area contributed by atoms with E-state index in [1.54, 1.807) is 0 Å². The topological polar surface area (TPSA) is 40.5 Å². The molecule has 0 fully saturated rings. The lowest BCUT2D eigenvalue weighted by molar-refractivity contribution is 0.186. The van der Waals surface area contributed by atoms with E-state index in [4.69, 9.17) is 10.2 Å². The first-order valence-electron chi connectivity index (χ1n) is 3.96. The molecule has 0 unspecified atom stereocenters. The maximum absolute atomic E-state index is 7.62. The van der Waals surface area contributed by atoms with Gasteiger partial charge in [-0.15, -0.1) is 0 Å². The van der Waals surface area contributed by atoms with Gasteiger partial charge < -0.3 is 10.2 Å². The van der Waals surface area contributed by atoms with Crippen LogP contribution in [0.5, 0.6) is 0 Å². The fraction of sp³-hybridized carbons (Fsp3) is 1.00. The van der Waals surface area contributed by atoms with Crippen LogP contribution in [-0.4, -0.2) is 23.4 Å². The van der Waals surface area contributed by atoms with Crippen LogP contribution in [0, 0.1) is 0 Å². The van der Waals surface area contributed by atoms with E-state index in [0.717, 1.165) is 0 Å². The molecule has 0 aromatic heterocycles. The zero-order valence-electron chi connectivity index (χ0n) is 7.72. The van der Waals surface area contributed by atoms with Gasteiger partial charge in [-0.05, 0) is 0 Å². The molecule has 10 heavy (non-hydrogen) atoms. The summed E-state index contributed by atoms with van der Waals surface area (Å²) >= 11 is 0. The molecule has 2 N–H and O–H groups in total. The first kappa shape index (κ1) is 16.5. The Kier molecular flexibility index (Phi) is 60.0. The molecule has 2 nitrogen and oxygen atoms in total. The molecule has 0 aromatic rings. The Bertz CT molecular complexity index is 19.2. The quantitative estimate of drug-likeness (QED) is 0.598. The van der Waals surface area contributed by atoms with Gasteiger partial charge in [0.2, 0.25) is 0 Å². The number of hydrogen-bond acceptors (Lipinski definition) is 2. The lowest BCUT2D eigenvalue weighted by atomic mass is 10.6. The summed E-state index contributed by atoms with van der Waals surface area (Å²) in [6.07, 6.45) is 2.50. The molecular formula is C8H22O2. The molecule has 0 saturated heterocycles. The fourth-order valence-electron chi connectivity index (χ4n) is 0. The van der Waals surface area contributed by atoms with Gasteiger partial charge in [0.25, 0.3) is 0 Å². The smallest absolute Gasteiger partial charge is 0.0662 e. The third kappa shape index (κ3) is 448. The van der Waals surface area contributed by atoms with Crippen molar-refractivity contribution in [1.82, 2.24) is 0 Å². The van der Waals surface area contributed by atoms with Crippen molar-refractivity contribution in [2.75, 3.05) is 13.2 Å². The second kappa shape index (κ2) is 36.4. The summed E-state index contributed by atoms with van der Waals surface area (Å²) < 4.78 is 0. The third-order valence-corrected chi connectivity index (χ3v) is 0.1000. The molecule has 0 bridgehead atoms. The molecule has 0 radical (unpaired) electrons. The zero-order chi connectivity index (χ0) is 8.83. The lowest BCUT2D eigenvalue weighted by Crippen LogP contribution is -1.85. The predicted molar refractivity (Wildman–Crippen MR) is 46.1 cm³/mol.